The van der Waals surface area contributed by atoms with Gasteiger partial charge in [-0.1, -0.05) is 13.0 Å². The Morgan fingerprint density at radius 3 is 2.85 bits per heavy atom. The van der Waals surface area contributed by atoms with Crippen molar-refractivity contribution in [3.8, 4) is 0 Å². The summed E-state index contributed by atoms with van der Waals surface area (Å²) < 4.78 is 22.0. The SMILES string of the molecule is C=CCN1C(=O)[C@@]2(O[C@@H](CCO)[C@H]([Si](C)(C)F)[C@H]2C)c2cc(NC(=O)C3CCCNC3)ccc21. The lowest BCUT2D eigenvalue weighted by Gasteiger charge is -2.31. The summed E-state index contributed by atoms with van der Waals surface area (Å²) in [5.41, 5.74) is 0.126. The van der Waals surface area contributed by atoms with E-state index in [-0.39, 0.29) is 30.8 Å². The predicted molar refractivity (Wildman–Crippen MR) is 133 cm³/mol. The van der Waals surface area contributed by atoms with Crippen LogP contribution in [0.3, 0.4) is 0 Å². The molecule has 3 aliphatic rings. The van der Waals surface area contributed by atoms with Crippen molar-refractivity contribution in [2.24, 2.45) is 11.8 Å². The van der Waals surface area contributed by atoms with Gasteiger partial charge in [-0.25, -0.2) is 0 Å². The van der Waals surface area contributed by atoms with E-state index in [2.05, 4.69) is 17.2 Å². The van der Waals surface area contributed by atoms with Crippen LogP contribution in [0.2, 0.25) is 18.6 Å². The molecule has 186 valence electrons. The quantitative estimate of drug-likeness (QED) is 0.311. The molecule has 1 aromatic carbocycles. The molecule has 9 heteroatoms. The number of carbonyl (C=O) groups excluding carboxylic acids is 2. The Morgan fingerprint density at radius 2 is 2.24 bits per heavy atom. The first-order valence-electron chi connectivity index (χ1n) is 12.2. The third kappa shape index (κ3) is 4.12. The molecule has 0 aromatic heterocycles. The Kier molecular flexibility index (Phi) is 7.01. The second-order valence-electron chi connectivity index (χ2n) is 10.3. The van der Waals surface area contributed by atoms with Gasteiger partial charge in [-0.05, 0) is 57.1 Å². The molecule has 34 heavy (non-hydrogen) atoms. The zero-order valence-corrected chi connectivity index (χ0v) is 21.3. The molecule has 3 N–H and O–H groups in total. The summed E-state index contributed by atoms with van der Waals surface area (Å²) in [4.78, 5) is 28.4. The lowest BCUT2D eigenvalue weighted by Crippen LogP contribution is -2.45. The highest BCUT2D eigenvalue weighted by atomic mass is 28.4. The van der Waals surface area contributed by atoms with Gasteiger partial charge in [0.25, 0.3) is 5.91 Å². The number of rotatable bonds is 7. The van der Waals surface area contributed by atoms with E-state index < -0.39 is 31.6 Å². The summed E-state index contributed by atoms with van der Waals surface area (Å²) in [7, 11) is -3.24. The number of hydrogen-bond donors (Lipinski definition) is 3. The molecule has 3 heterocycles. The molecular formula is C25H36FN3O4Si. The van der Waals surface area contributed by atoms with Crippen molar-refractivity contribution in [3.63, 3.8) is 0 Å². The number of benzene rings is 1. The second kappa shape index (κ2) is 9.52. The van der Waals surface area contributed by atoms with E-state index in [1.54, 1.807) is 30.1 Å². The molecule has 7 nitrogen and oxygen atoms in total. The second-order valence-corrected chi connectivity index (χ2v) is 14.0. The number of anilines is 2. The number of nitrogens with one attached hydrogen (secondary N) is 2. The number of fused-ring (bicyclic) bond motifs is 2. The average molecular weight is 490 g/mol. The maximum atomic E-state index is 15.5. The number of ether oxygens (including phenoxy) is 1. The van der Waals surface area contributed by atoms with E-state index in [9.17, 15) is 14.7 Å². The van der Waals surface area contributed by atoms with E-state index in [1.807, 2.05) is 19.1 Å². The number of hydrogen-bond acceptors (Lipinski definition) is 5. The largest absolute Gasteiger partial charge is 0.396 e. The zero-order chi connectivity index (χ0) is 24.7. The molecule has 2 amide bonds. The first-order chi connectivity index (χ1) is 16.1. The highest BCUT2D eigenvalue weighted by Gasteiger charge is 2.66. The fraction of sp³-hybridized carbons (Fsp3) is 0.600. The van der Waals surface area contributed by atoms with Gasteiger partial charge in [0.1, 0.15) is 0 Å². The van der Waals surface area contributed by atoms with Crippen LogP contribution in [0.1, 0.15) is 31.7 Å². The van der Waals surface area contributed by atoms with Gasteiger partial charge in [0.2, 0.25) is 14.3 Å². The first kappa shape index (κ1) is 25.0. The van der Waals surface area contributed by atoms with Gasteiger partial charge >= 0.3 is 0 Å². The van der Waals surface area contributed by atoms with Gasteiger partial charge in [-0.2, -0.15) is 0 Å². The Morgan fingerprint density at radius 1 is 1.47 bits per heavy atom. The zero-order valence-electron chi connectivity index (χ0n) is 20.3. The molecule has 1 unspecified atom stereocenters. The average Bonchev–Trinajstić information content (AvgIpc) is 3.22. The van der Waals surface area contributed by atoms with Crippen LogP contribution in [0, 0.1) is 11.8 Å². The molecule has 5 atom stereocenters. The van der Waals surface area contributed by atoms with Crippen LogP contribution in [-0.2, 0) is 19.9 Å². The van der Waals surface area contributed by atoms with Crippen LogP contribution < -0.4 is 15.5 Å². The minimum atomic E-state index is -3.24. The fourth-order valence-corrected chi connectivity index (χ4v) is 8.69. The number of aliphatic hydroxyl groups is 1. The van der Waals surface area contributed by atoms with Crippen LogP contribution in [-0.4, -0.2) is 57.7 Å². The summed E-state index contributed by atoms with van der Waals surface area (Å²) in [6.07, 6.45) is 3.16. The monoisotopic (exact) mass is 489 g/mol. The van der Waals surface area contributed by atoms with Gasteiger partial charge in [0.05, 0.1) is 17.7 Å². The topological polar surface area (TPSA) is 90.9 Å². The normalized spacial score (nSPS) is 31.1. The third-order valence-corrected chi connectivity index (χ3v) is 10.1. The number of amides is 2. The molecule has 4 rings (SSSR count). The standard InChI is InChI=1S/C25H36FN3O4Si/c1-5-12-29-20-9-8-18(28-23(31)17-7-6-11-27-15-17)14-19(20)25(24(29)32)16(2)22(34(3,4)26)21(33-25)10-13-30/h5,8-9,14,16-17,21-22,27,30H,1,6-7,10-13,15H2,2-4H3,(H,28,31)/t16-,17?,21+,22-,25+/m1/s1. The third-order valence-electron chi connectivity index (χ3n) is 7.62. The number of piperidine rings is 1. The van der Waals surface area contributed by atoms with Crippen molar-refractivity contribution >= 4 is 31.6 Å². The van der Waals surface area contributed by atoms with Crippen molar-refractivity contribution in [1.29, 1.82) is 0 Å². The molecule has 2 saturated heterocycles. The van der Waals surface area contributed by atoms with E-state index in [1.165, 1.54) is 0 Å². The summed E-state index contributed by atoms with van der Waals surface area (Å²) in [5, 5.41) is 15.9. The van der Waals surface area contributed by atoms with Crippen LogP contribution in [0.25, 0.3) is 0 Å². The Balaban J connectivity index is 1.75. The number of halogens is 1. The van der Waals surface area contributed by atoms with Crippen molar-refractivity contribution < 1.29 is 23.5 Å². The van der Waals surface area contributed by atoms with Crippen molar-refractivity contribution in [2.45, 2.75) is 56.5 Å². The van der Waals surface area contributed by atoms with Gasteiger partial charge < -0.3 is 29.5 Å². The first-order valence-corrected chi connectivity index (χ1v) is 15.2. The molecule has 0 aliphatic carbocycles. The molecule has 0 radical (unpaired) electrons. The molecule has 0 saturated carbocycles. The van der Waals surface area contributed by atoms with Crippen LogP contribution in [0.15, 0.2) is 30.9 Å². The highest BCUT2D eigenvalue weighted by molar-refractivity contribution is 6.72. The van der Waals surface area contributed by atoms with E-state index >= 15 is 4.11 Å². The Hall–Kier alpha value is -2.07. The van der Waals surface area contributed by atoms with Gasteiger partial charge in [-0.15, -0.1) is 6.58 Å². The van der Waals surface area contributed by atoms with Crippen LogP contribution in [0.5, 0.6) is 0 Å². The Labute approximate surface area is 201 Å². The van der Waals surface area contributed by atoms with Crippen molar-refractivity contribution in [1.82, 2.24) is 5.32 Å². The predicted octanol–water partition coefficient (Wildman–Crippen LogP) is 3.31. The summed E-state index contributed by atoms with van der Waals surface area (Å²) in [6, 6.07) is 5.43. The maximum Gasteiger partial charge on any atom is 0.264 e. The minimum Gasteiger partial charge on any atom is -0.396 e. The molecular weight excluding hydrogens is 453 g/mol. The van der Waals surface area contributed by atoms with Crippen LogP contribution in [0.4, 0.5) is 15.5 Å². The van der Waals surface area contributed by atoms with E-state index in [0.29, 0.717) is 30.0 Å². The number of carbonyl (C=O) groups is 2. The summed E-state index contributed by atoms with van der Waals surface area (Å²) >= 11 is 0. The smallest absolute Gasteiger partial charge is 0.264 e. The van der Waals surface area contributed by atoms with Gasteiger partial charge in [-0.3, -0.25) is 9.59 Å². The lowest BCUT2D eigenvalue weighted by atomic mass is 9.82. The molecule has 1 spiro atoms. The lowest BCUT2D eigenvalue weighted by molar-refractivity contribution is -0.146. The fourth-order valence-electron chi connectivity index (χ4n) is 6.15. The number of aliphatic hydroxyl groups excluding tert-OH is 1. The maximum absolute atomic E-state index is 15.5. The van der Waals surface area contributed by atoms with Gasteiger partial charge in [0.15, 0.2) is 5.60 Å². The van der Waals surface area contributed by atoms with Crippen LogP contribution >= 0.6 is 0 Å². The molecule has 0 bridgehead atoms. The highest BCUT2D eigenvalue weighted by Crippen LogP contribution is 2.60. The summed E-state index contributed by atoms with van der Waals surface area (Å²) in [5.74, 6) is -0.820. The van der Waals surface area contributed by atoms with Crippen molar-refractivity contribution in [2.75, 3.05) is 36.5 Å². The Bertz CT molecular complexity index is 962. The van der Waals surface area contributed by atoms with Gasteiger partial charge in [0, 0.05) is 42.4 Å². The van der Waals surface area contributed by atoms with E-state index in [4.69, 9.17) is 4.74 Å². The molecule has 2 fully saturated rings. The molecule has 1 aromatic rings. The van der Waals surface area contributed by atoms with E-state index in [0.717, 1.165) is 19.4 Å². The summed E-state index contributed by atoms with van der Waals surface area (Å²) in [6.45, 7) is 10.7. The molecule has 3 aliphatic heterocycles. The minimum absolute atomic E-state index is 0.0535. The number of nitrogens with zero attached hydrogens (tertiary/aromatic N) is 1. The van der Waals surface area contributed by atoms with Crippen molar-refractivity contribution in [3.05, 3.63) is 36.4 Å².